The Labute approximate surface area is 75.6 Å². The molecule has 1 aromatic rings. The summed E-state index contributed by atoms with van der Waals surface area (Å²) in [5.74, 6) is -0.103. The van der Waals surface area contributed by atoms with Crippen LogP contribution in [0.5, 0.6) is 0 Å². The van der Waals surface area contributed by atoms with Crippen LogP contribution < -0.4 is 0 Å². The predicted molar refractivity (Wildman–Crippen MR) is 46.4 cm³/mol. The van der Waals surface area contributed by atoms with E-state index in [-0.39, 0.29) is 12.2 Å². The number of Topliss-reactive ketones (excluding diaryl/α,β-unsaturated/α-hetero) is 1. The number of carbonyl (C=O) groups is 1. The Morgan fingerprint density at radius 2 is 1.92 bits per heavy atom. The van der Waals surface area contributed by atoms with Gasteiger partial charge in [-0.2, -0.15) is 0 Å². The molecule has 0 unspecified atom stereocenters. The second-order valence-electron chi connectivity index (χ2n) is 3.23. The molecule has 0 bridgehead atoms. The third-order valence-corrected chi connectivity index (χ3v) is 2.34. The summed E-state index contributed by atoms with van der Waals surface area (Å²) in [6.45, 7) is 0. The number of hydrogen-bond acceptors (Lipinski definition) is 3. The van der Waals surface area contributed by atoms with E-state index in [1.54, 1.807) is 24.3 Å². The van der Waals surface area contributed by atoms with Gasteiger partial charge in [0.1, 0.15) is 6.10 Å². The molecule has 0 amide bonds. The Kier molecular flexibility index (Phi) is 1.90. The van der Waals surface area contributed by atoms with Crippen molar-refractivity contribution in [2.45, 2.75) is 18.6 Å². The lowest BCUT2D eigenvalue weighted by atomic mass is 9.87. The molecule has 2 N–H and O–H groups in total. The number of rotatable bonds is 0. The van der Waals surface area contributed by atoms with Crippen molar-refractivity contribution in [1.29, 1.82) is 0 Å². The molecule has 0 saturated carbocycles. The molecule has 2 rings (SSSR count). The molecule has 0 fully saturated rings. The van der Waals surface area contributed by atoms with Crippen molar-refractivity contribution in [2.24, 2.45) is 0 Å². The summed E-state index contributed by atoms with van der Waals surface area (Å²) in [6, 6.07) is 6.83. The van der Waals surface area contributed by atoms with Gasteiger partial charge in [-0.25, -0.2) is 0 Å². The van der Waals surface area contributed by atoms with Crippen LogP contribution in [-0.2, 0) is 0 Å². The molecule has 2 atom stereocenters. The number of aliphatic hydroxyl groups is 2. The average Bonchev–Trinajstić information content (AvgIpc) is 2.15. The normalized spacial score (nSPS) is 27.1. The van der Waals surface area contributed by atoms with Gasteiger partial charge in [0.2, 0.25) is 0 Å². The largest absolute Gasteiger partial charge is 0.390 e. The van der Waals surface area contributed by atoms with E-state index in [1.807, 2.05) is 0 Å². The maximum absolute atomic E-state index is 11.4. The van der Waals surface area contributed by atoms with Crippen LogP contribution >= 0.6 is 0 Å². The summed E-state index contributed by atoms with van der Waals surface area (Å²) < 4.78 is 0. The summed E-state index contributed by atoms with van der Waals surface area (Å²) in [4.78, 5) is 11.4. The fraction of sp³-hybridized carbons (Fsp3) is 0.300. The van der Waals surface area contributed by atoms with Crippen molar-refractivity contribution in [1.82, 2.24) is 0 Å². The van der Waals surface area contributed by atoms with Gasteiger partial charge in [0.15, 0.2) is 5.78 Å². The highest BCUT2D eigenvalue weighted by atomic mass is 16.3. The van der Waals surface area contributed by atoms with Crippen LogP contribution in [-0.4, -0.2) is 22.1 Å². The molecule has 3 heteroatoms. The minimum absolute atomic E-state index is 0.0121. The summed E-state index contributed by atoms with van der Waals surface area (Å²) in [6.07, 6.45) is -1.87. The van der Waals surface area contributed by atoms with Gasteiger partial charge in [-0.1, -0.05) is 24.3 Å². The highest BCUT2D eigenvalue weighted by Crippen LogP contribution is 2.29. The first-order chi connectivity index (χ1) is 6.20. The third kappa shape index (κ3) is 1.26. The topological polar surface area (TPSA) is 57.5 Å². The molecular formula is C10H10O3. The average molecular weight is 178 g/mol. The summed E-state index contributed by atoms with van der Waals surface area (Å²) in [7, 11) is 0. The smallest absolute Gasteiger partial charge is 0.165 e. The van der Waals surface area contributed by atoms with Crippen molar-refractivity contribution >= 4 is 5.78 Å². The minimum Gasteiger partial charge on any atom is -0.390 e. The van der Waals surface area contributed by atoms with Crippen molar-refractivity contribution in [3.63, 3.8) is 0 Å². The van der Waals surface area contributed by atoms with E-state index in [0.717, 1.165) is 0 Å². The number of hydrogen-bond donors (Lipinski definition) is 2. The molecule has 3 nitrogen and oxygen atoms in total. The molecule has 0 saturated heterocycles. The van der Waals surface area contributed by atoms with Crippen LogP contribution in [0.3, 0.4) is 0 Å². The molecular weight excluding hydrogens is 168 g/mol. The van der Waals surface area contributed by atoms with E-state index in [9.17, 15) is 15.0 Å². The SMILES string of the molecule is O=C1C[C@H](O)[C@@H](O)c2ccccc21. The first kappa shape index (κ1) is 8.41. The number of aliphatic hydroxyl groups excluding tert-OH is 2. The Bertz CT molecular complexity index is 346. The second kappa shape index (κ2) is 2.94. The number of fused-ring (bicyclic) bond motifs is 1. The van der Waals surface area contributed by atoms with E-state index in [2.05, 4.69) is 0 Å². The summed E-state index contributed by atoms with van der Waals surface area (Å²) >= 11 is 0. The van der Waals surface area contributed by atoms with Crippen molar-refractivity contribution in [3.05, 3.63) is 35.4 Å². The third-order valence-electron chi connectivity index (χ3n) is 2.34. The standard InChI is InChI=1S/C10H10O3/c11-8-5-9(12)10(13)7-4-2-1-3-6(7)8/h1-4,9-10,12-13H,5H2/t9-,10-/m0/s1. The fourth-order valence-electron chi connectivity index (χ4n) is 1.63. The first-order valence-corrected chi connectivity index (χ1v) is 4.18. The molecule has 1 aliphatic rings. The van der Waals surface area contributed by atoms with Crippen LogP contribution in [0.25, 0.3) is 0 Å². The molecule has 13 heavy (non-hydrogen) atoms. The van der Waals surface area contributed by atoms with Gasteiger partial charge >= 0.3 is 0 Å². The van der Waals surface area contributed by atoms with Crippen molar-refractivity contribution in [2.75, 3.05) is 0 Å². The fourth-order valence-corrected chi connectivity index (χ4v) is 1.63. The van der Waals surface area contributed by atoms with Crippen molar-refractivity contribution in [3.8, 4) is 0 Å². The van der Waals surface area contributed by atoms with Crippen LogP contribution in [0.15, 0.2) is 24.3 Å². The van der Waals surface area contributed by atoms with Crippen LogP contribution in [0.4, 0.5) is 0 Å². The van der Waals surface area contributed by atoms with Gasteiger partial charge in [0, 0.05) is 12.0 Å². The predicted octanol–water partition coefficient (Wildman–Crippen LogP) is 0.667. The second-order valence-corrected chi connectivity index (χ2v) is 3.23. The Morgan fingerprint density at radius 3 is 2.69 bits per heavy atom. The molecule has 1 aromatic carbocycles. The van der Waals surface area contributed by atoms with Crippen molar-refractivity contribution < 1.29 is 15.0 Å². The van der Waals surface area contributed by atoms with Gasteiger partial charge in [-0.05, 0) is 5.56 Å². The molecule has 0 radical (unpaired) electrons. The quantitative estimate of drug-likeness (QED) is 0.613. The highest BCUT2D eigenvalue weighted by molar-refractivity contribution is 5.99. The lowest BCUT2D eigenvalue weighted by Gasteiger charge is -2.24. The lowest BCUT2D eigenvalue weighted by molar-refractivity contribution is 0.00872. The van der Waals surface area contributed by atoms with Crippen LogP contribution in [0.2, 0.25) is 0 Å². The zero-order valence-corrected chi connectivity index (χ0v) is 6.97. The maximum Gasteiger partial charge on any atom is 0.165 e. The monoisotopic (exact) mass is 178 g/mol. The number of benzene rings is 1. The Balaban J connectivity index is 2.53. The number of ketones is 1. The Morgan fingerprint density at radius 1 is 1.23 bits per heavy atom. The van der Waals surface area contributed by atoms with E-state index in [4.69, 9.17) is 0 Å². The Hall–Kier alpha value is -1.19. The van der Waals surface area contributed by atoms with E-state index in [0.29, 0.717) is 11.1 Å². The first-order valence-electron chi connectivity index (χ1n) is 4.18. The zero-order valence-electron chi connectivity index (χ0n) is 6.97. The minimum atomic E-state index is -0.956. The lowest BCUT2D eigenvalue weighted by Crippen LogP contribution is -2.28. The van der Waals surface area contributed by atoms with Gasteiger partial charge in [-0.3, -0.25) is 4.79 Å². The van der Waals surface area contributed by atoms with E-state index in [1.165, 1.54) is 0 Å². The number of carbonyl (C=O) groups excluding carboxylic acids is 1. The van der Waals surface area contributed by atoms with Crippen LogP contribution in [0.1, 0.15) is 28.4 Å². The van der Waals surface area contributed by atoms with Gasteiger partial charge in [0.25, 0.3) is 0 Å². The maximum atomic E-state index is 11.4. The molecule has 0 heterocycles. The molecule has 68 valence electrons. The van der Waals surface area contributed by atoms with E-state index < -0.39 is 12.2 Å². The molecule has 0 aromatic heterocycles. The molecule has 0 spiro atoms. The van der Waals surface area contributed by atoms with Gasteiger partial charge in [-0.15, -0.1) is 0 Å². The highest BCUT2D eigenvalue weighted by Gasteiger charge is 2.30. The van der Waals surface area contributed by atoms with Crippen LogP contribution in [0, 0.1) is 0 Å². The molecule has 1 aliphatic carbocycles. The van der Waals surface area contributed by atoms with E-state index >= 15 is 0 Å². The van der Waals surface area contributed by atoms with Gasteiger partial charge in [0.05, 0.1) is 6.10 Å². The van der Waals surface area contributed by atoms with Gasteiger partial charge < -0.3 is 10.2 Å². The summed E-state index contributed by atoms with van der Waals surface area (Å²) in [5, 5.41) is 18.9. The zero-order chi connectivity index (χ0) is 9.42. The molecule has 0 aliphatic heterocycles. The summed E-state index contributed by atoms with van der Waals surface area (Å²) in [5.41, 5.74) is 1.06.